The van der Waals surface area contributed by atoms with E-state index in [1.807, 2.05) is 32.7 Å². The molecule has 1 heterocycles. The molecule has 24 heavy (non-hydrogen) atoms. The second-order valence-corrected chi connectivity index (χ2v) is 7.50. The van der Waals surface area contributed by atoms with Crippen molar-refractivity contribution in [3.63, 3.8) is 0 Å². The average molecular weight is 335 g/mol. The molecule has 1 aromatic heterocycles. The lowest BCUT2D eigenvalue weighted by atomic mass is 10.0. The Balaban J connectivity index is 2.05. The van der Waals surface area contributed by atoms with Gasteiger partial charge in [-0.15, -0.1) is 0 Å². The second-order valence-electron chi connectivity index (χ2n) is 7.50. The van der Waals surface area contributed by atoms with Gasteiger partial charge in [0.15, 0.2) is 0 Å². The third-order valence-electron chi connectivity index (χ3n) is 4.89. The molecule has 0 saturated heterocycles. The van der Waals surface area contributed by atoms with Crippen molar-refractivity contribution in [3.05, 3.63) is 11.3 Å². The van der Waals surface area contributed by atoms with Crippen LogP contribution in [0.1, 0.15) is 50.8 Å². The van der Waals surface area contributed by atoms with Crippen molar-refractivity contribution in [2.24, 2.45) is 13.0 Å². The monoisotopic (exact) mass is 335 g/mol. The zero-order chi connectivity index (χ0) is 17.9. The third kappa shape index (κ3) is 4.29. The normalized spacial score (nSPS) is 16.6. The van der Waals surface area contributed by atoms with E-state index >= 15 is 0 Å². The highest BCUT2D eigenvalue weighted by Crippen LogP contribution is 2.22. The topological polar surface area (TPSA) is 62.2 Å². The van der Waals surface area contributed by atoms with Crippen LogP contribution < -0.4 is 15.5 Å². The minimum atomic E-state index is -0.180. The van der Waals surface area contributed by atoms with Crippen molar-refractivity contribution in [3.8, 4) is 0 Å². The highest BCUT2D eigenvalue weighted by Gasteiger charge is 2.26. The van der Waals surface area contributed by atoms with Crippen molar-refractivity contribution in [1.82, 2.24) is 20.4 Å². The summed E-state index contributed by atoms with van der Waals surface area (Å²) in [6, 6.07) is 0.179. The lowest BCUT2D eigenvalue weighted by molar-refractivity contribution is -0.124. The maximum absolute atomic E-state index is 12.7. The summed E-state index contributed by atoms with van der Waals surface area (Å²) in [6.07, 6.45) is 4.68. The van der Waals surface area contributed by atoms with Gasteiger partial charge in [0, 0.05) is 39.3 Å². The van der Waals surface area contributed by atoms with E-state index in [1.54, 1.807) is 0 Å². The number of aryl methyl sites for hydroxylation is 2. The molecule has 1 aliphatic rings. The molecule has 1 aromatic rings. The van der Waals surface area contributed by atoms with E-state index < -0.39 is 0 Å². The number of nitrogens with one attached hydrogen (secondary N) is 2. The largest absolute Gasteiger partial charge is 0.363 e. The van der Waals surface area contributed by atoms with Gasteiger partial charge < -0.3 is 15.5 Å². The molecule has 1 saturated carbocycles. The molecule has 1 fully saturated rings. The number of hydrogen-bond donors (Lipinski definition) is 2. The summed E-state index contributed by atoms with van der Waals surface area (Å²) in [5, 5.41) is 11.2. The highest BCUT2D eigenvalue weighted by atomic mass is 16.2. The number of nitrogens with zero attached hydrogens (tertiary/aromatic N) is 3. The third-order valence-corrected chi connectivity index (χ3v) is 4.89. The van der Waals surface area contributed by atoms with Gasteiger partial charge in [-0.1, -0.05) is 26.7 Å². The van der Waals surface area contributed by atoms with Crippen molar-refractivity contribution in [2.75, 3.05) is 19.0 Å². The lowest BCUT2D eigenvalue weighted by Gasteiger charge is -2.24. The van der Waals surface area contributed by atoms with Gasteiger partial charge in [-0.25, -0.2) is 0 Å². The van der Waals surface area contributed by atoms with Crippen molar-refractivity contribution < 1.29 is 4.79 Å². The quantitative estimate of drug-likeness (QED) is 0.800. The molecule has 2 rings (SSSR count). The standard InChI is InChI=1S/C18H33N5O/c1-12(2)16(17(24)20-14-9-7-8-10-14)19-11-15-13(3)21-23(6)18(15)22(4)5/h12,14,16,19H,7-11H2,1-6H3,(H,20,24). The molecule has 0 aliphatic heterocycles. The Morgan fingerprint density at radius 2 is 1.96 bits per heavy atom. The first-order chi connectivity index (χ1) is 11.3. The average Bonchev–Trinajstić information content (AvgIpc) is 3.06. The number of aromatic nitrogens is 2. The van der Waals surface area contributed by atoms with Gasteiger partial charge in [0.2, 0.25) is 5.91 Å². The molecule has 0 radical (unpaired) electrons. The van der Waals surface area contributed by atoms with Gasteiger partial charge >= 0.3 is 0 Å². The highest BCUT2D eigenvalue weighted by molar-refractivity contribution is 5.82. The summed E-state index contributed by atoms with van der Waals surface area (Å²) in [5.41, 5.74) is 2.16. The predicted molar refractivity (Wildman–Crippen MR) is 98.1 cm³/mol. The van der Waals surface area contributed by atoms with Crippen LogP contribution in [-0.2, 0) is 18.4 Å². The number of rotatable bonds is 7. The number of carbonyl (C=O) groups excluding carboxylic acids is 1. The zero-order valence-electron chi connectivity index (χ0n) is 16.0. The molecule has 1 atom stereocenters. The minimum Gasteiger partial charge on any atom is -0.363 e. The summed E-state index contributed by atoms with van der Waals surface area (Å²) in [7, 11) is 6.00. The predicted octanol–water partition coefficient (Wildman–Crippen LogP) is 1.97. The summed E-state index contributed by atoms with van der Waals surface area (Å²) >= 11 is 0. The van der Waals surface area contributed by atoms with Crippen LogP contribution in [0, 0.1) is 12.8 Å². The molecule has 0 bridgehead atoms. The van der Waals surface area contributed by atoms with Gasteiger partial charge in [0.05, 0.1) is 11.7 Å². The number of hydrogen-bond acceptors (Lipinski definition) is 4. The fourth-order valence-corrected chi connectivity index (χ4v) is 3.66. The Morgan fingerprint density at radius 1 is 1.33 bits per heavy atom. The van der Waals surface area contributed by atoms with E-state index in [0.717, 1.165) is 29.9 Å². The first-order valence-corrected chi connectivity index (χ1v) is 9.04. The van der Waals surface area contributed by atoms with E-state index in [2.05, 4.69) is 34.5 Å². The lowest BCUT2D eigenvalue weighted by Crippen LogP contribution is -2.49. The molecule has 0 aromatic carbocycles. The minimum absolute atomic E-state index is 0.129. The Labute approximate surface area is 146 Å². The van der Waals surface area contributed by atoms with Gasteiger partial charge in [-0.2, -0.15) is 5.10 Å². The first-order valence-electron chi connectivity index (χ1n) is 9.04. The van der Waals surface area contributed by atoms with E-state index in [9.17, 15) is 4.79 Å². The van der Waals surface area contributed by atoms with E-state index in [-0.39, 0.29) is 17.9 Å². The number of carbonyl (C=O) groups is 1. The fraction of sp³-hybridized carbons (Fsp3) is 0.778. The second kappa shape index (κ2) is 8.01. The molecule has 0 spiro atoms. The molecule has 1 amide bonds. The van der Waals surface area contributed by atoms with Gasteiger partial charge in [0.25, 0.3) is 0 Å². The SMILES string of the molecule is Cc1nn(C)c(N(C)C)c1CNC(C(=O)NC1CCCC1)C(C)C. The van der Waals surface area contributed by atoms with E-state index in [1.165, 1.54) is 12.8 Å². The maximum atomic E-state index is 12.7. The molecule has 2 N–H and O–H groups in total. The number of anilines is 1. The molecular formula is C18H33N5O. The van der Waals surface area contributed by atoms with Crippen LogP contribution in [-0.4, -0.2) is 41.9 Å². The summed E-state index contributed by atoms with van der Waals surface area (Å²) in [5.74, 6) is 1.45. The number of amides is 1. The fourth-order valence-electron chi connectivity index (χ4n) is 3.66. The van der Waals surface area contributed by atoms with E-state index in [0.29, 0.717) is 12.6 Å². The van der Waals surface area contributed by atoms with Crippen LogP contribution in [0.2, 0.25) is 0 Å². The zero-order valence-corrected chi connectivity index (χ0v) is 16.0. The van der Waals surface area contributed by atoms with Crippen molar-refractivity contribution in [2.45, 2.75) is 65.1 Å². The van der Waals surface area contributed by atoms with Crippen LogP contribution in [0.5, 0.6) is 0 Å². The molecule has 1 aliphatic carbocycles. The molecule has 1 unspecified atom stereocenters. The Kier molecular flexibility index (Phi) is 6.27. The Morgan fingerprint density at radius 3 is 2.50 bits per heavy atom. The van der Waals surface area contributed by atoms with Gasteiger partial charge in [-0.05, 0) is 25.7 Å². The smallest absolute Gasteiger partial charge is 0.237 e. The van der Waals surface area contributed by atoms with E-state index in [4.69, 9.17) is 0 Å². The first kappa shape index (κ1) is 18.8. The summed E-state index contributed by atoms with van der Waals surface area (Å²) in [6.45, 7) is 6.85. The molecule has 6 heteroatoms. The molecule has 6 nitrogen and oxygen atoms in total. The summed E-state index contributed by atoms with van der Waals surface area (Å²) < 4.78 is 1.90. The van der Waals surface area contributed by atoms with Crippen LogP contribution in [0.25, 0.3) is 0 Å². The molecular weight excluding hydrogens is 302 g/mol. The summed E-state index contributed by atoms with van der Waals surface area (Å²) in [4.78, 5) is 14.7. The maximum Gasteiger partial charge on any atom is 0.237 e. The Hall–Kier alpha value is -1.56. The van der Waals surface area contributed by atoms with Crippen LogP contribution in [0.3, 0.4) is 0 Å². The van der Waals surface area contributed by atoms with Crippen LogP contribution >= 0.6 is 0 Å². The van der Waals surface area contributed by atoms with Crippen molar-refractivity contribution >= 4 is 11.7 Å². The van der Waals surface area contributed by atoms with Crippen molar-refractivity contribution in [1.29, 1.82) is 0 Å². The molecule has 136 valence electrons. The van der Waals surface area contributed by atoms with Crippen LogP contribution in [0.15, 0.2) is 0 Å². The Bertz CT molecular complexity index is 558. The van der Waals surface area contributed by atoms with Crippen LogP contribution in [0.4, 0.5) is 5.82 Å². The van der Waals surface area contributed by atoms with Gasteiger partial charge in [0.1, 0.15) is 5.82 Å². The van der Waals surface area contributed by atoms with Gasteiger partial charge in [-0.3, -0.25) is 9.48 Å².